The van der Waals surface area contributed by atoms with E-state index >= 15 is 0 Å². The van der Waals surface area contributed by atoms with Crippen molar-refractivity contribution in [2.24, 2.45) is 5.92 Å². The molecular weight excluding hydrogens is 360 g/mol. The van der Waals surface area contributed by atoms with E-state index in [-0.39, 0.29) is 25.6 Å². The van der Waals surface area contributed by atoms with Gasteiger partial charge >= 0.3 is 12.1 Å². The predicted molar refractivity (Wildman–Crippen MR) is 106 cm³/mol. The Kier molecular flexibility index (Phi) is 9.78. The van der Waals surface area contributed by atoms with E-state index in [0.29, 0.717) is 5.57 Å². The van der Waals surface area contributed by atoms with Crippen molar-refractivity contribution < 1.29 is 23.9 Å². The molecule has 0 aliphatic carbocycles. The lowest BCUT2D eigenvalue weighted by Crippen LogP contribution is -2.53. The Hall–Kier alpha value is -2.83. The average molecular weight is 390 g/mol. The molecule has 0 spiro atoms. The number of benzene rings is 1. The van der Waals surface area contributed by atoms with Crippen LogP contribution in [0.2, 0.25) is 0 Å². The lowest BCUT2D eigenvalue weighted by molar-refractivity contribution is -0.148. The first-order valence-electron chi connectivity index (χ1n) is 9.33. The summed E-state index contributed by atoms with van der Waals surface area (Å²) in [5.74, 6) is -1.17. The van der Waals surface area contributed by atoms with Crippen LogP contribution in [0.15, 0.2) is 42.5 Å². The van der Waals surface area contributed by atoms with Gasteiger partial charge in [-0.3, -0.25) is 4.79 Å². The van der Waals surface area contributed by atoms with E-state index in [0.717, 1.165) is 5.56 Å². The monoisotopic (exact) mass is 390 g/mol. The highest BCUT2D eigenvalue weighted by atomic mass is 16.5. The van der Waals surface area contributed by atoms with E-state index in [1.165, 1.54) is 0 Å². The molecule has 2 amide bonds. The molecule has 154 valence electrons. The van der Waals surface area contributed by atoms with Crippen molar-refractivity contribution in [3.63, 3.8) is 0 Å². The molecule has 2 atom stereocenters. The molecule has 0 radical (unpaired) electrons. The van der Waals surface area contributed by atoms with E-state index in [9.17, 15) is 14.4 Å². The number of rotatable bonds is 10. The van der Waals surface area contributed by atoms with Crippen molar-refractivity contribution in [3.8, 4) is 0 Å². The Morgan fingerprint density at radius 2 is 1.71 bits per heavy atom. The fourth-order valence-corrected chi connectivity index (χ4v) is 2.45. The second-order valence-electron chi connectivity index (χ2n) is 6.90. The zero-order chi connectivity index (χ0) is 21.1. The molecule has 0 fully saturated rings. The van der Waals surface area contributed by atoms with Gasteiger partial charge in [-0.2, -0.15) is 0 Å². The quantitative estimate of drug-likeness (QED) is 0.473. The van der Waals surface area contributed by atoms with Crippen LogP contribution >= 0.6 is 0 Å². The van der Waals surface area contributed by atoms with Gasteiger partial charge in [0.1, 0.15) is 18.7 Å². The lowest BCUT2D eigenvalue weighted by atomic mass is 10.0. The van der Waals surface area contributed by atoms with Crippen molar-refractivity contribution in [1.29, 1.82) is 0 Å². The highest BCUT2D eigenvalue weighted by Crippen LogP contribution is 2.08. The Balaban J connectivity index is 2.73. The van der Waals surface area contributed by atoms with Gasteiger partial charge in [-0.25, -0.2) is 9.59 Å². The predicted octanol–water partition coefficient (Wildman–Crippen LogP) is 2.95. The van der Waals surface area contributed by atoms with Gasteiger partial charge in [0.15, 0.2) is 0 Å². The third-order valence-electron chi connectivity index (χ3n) is 3.88. The molecule has 0 unspecified atom stereocenters. The highest BCUT2D eigenvalue weighted by Gasteiger charge is 2.29. The summed E-state index contributed by atoms with van der Waals surface area (Å²) in [5, 5.41) is 5.21. The standard InChI is InChI=1S/C21H30N2O5/c1-6-27-20(25)18(15(4)5)23-19(24)17(12-14(2)3)22-21(26)28-13-16-10-8-7-9-11-16/h7-11,15,17-18H,2,6,12-13H2,1,3-5H3,(H,22,26)(H,23,24)/t17-,18-/m0/s1. The van der Waals surface area contributed by atoms with Gasteiger partial charge in [0.25, 0.3) is 0 Å². The SMILES string of the molecule is C=C(C)C[C@H](NC(=O)OCc1ccccc1)C(=O)N[C@H](C(=O)OCC)C(C)C. The molecule has 0 heterocycles. The smallest absolute Gasteiger partial charge is 0.408 e. The van der Waals surface area contributed by atoms with Crippen molar-refractivity contribution in [2.45, 2.75) is 52.8 Å². The van der Waals surface area contributed by atoms with Crippen LogP contribution in [0.1, 0.15) is 39.7 Å². The third-order valence-corrected chi connectivity index (χ3v) is 3.88. The van der Waals surface area contributed by atoms with Crippen LogP contribution in [0.25, 0.3) is 0 Å². The summed E-state index contributed by atoms with van der Waals surface area (Å²) < 4.78 is 10.2. The van der Waals surface area contributed by atoms with E-state index in [1.54, 1.807) is 27.7 Å². The topological polar surface area (TPSA) is 93.7 Å². The Bertz CT molecular complexity index is 673. The summed E-state index contributed by atoms with van der Waals surface area (Å²) in [7, 11) is 0. The van der Waals surface area contributed by atoms with Crippen LogP contribution in [0.4, 0.5) is 4.79 Å². The van der Waals surface area contributed by atoms with Crippen LogP contribution in [-0.4, -0.2) is 36.7 Å². The van der Waals surface area contributed by atoms with Gasteiger partial charge in [-0.05, 0) is 31.7 Å². The van der Waals surface area contributed by atoms with Gasteiger partial charge < -0.3 is 20.1 Å². The Morgan fingerprint density at radius 3 is 2.25 bits per heavy atom. The fraction of sp³-hybridized carbons (Fsp3) is 0.476. The number of amides is 2. The first-order valence-corrected chi connectivity index (χ1v) is 9.33. The zero-order valence-corrected chi connectivity index (χ0v) is 17.0. The molecule has 0 aliphatic rings. The number of hydrogen-bond donors (Lipinski definition) is 2. The molecule has 1 rings (SSSR count). The number of carbonyl (C=O) groups excluding carboxylic acids is 3. The maximum atomic E-state index is 12.7. The largest absolute Gasteiger partial charge is 0.464 e. The lowest BCUT2D eigenvalue weighted by Gasteiger charge is -2.24. The number of esters is 1. The normalized spacial score (nSPS) is 12.6. The number of hydrogen-bond acceptors (Lipinski definition) is 5. The van der Waals surface area contributed by atoms with Gasteiger partial charge in [0.2, 0.25) is 5.91 Å². The summed E-state index contributed by atoms with van der Waals surface area (Å²) in [6, 6.07) is 7.50. The molecule has 0 aromatic heterocycles. The van der Waals surface area contributed by atoms with Gasteiger partial charge in [0.05, 0.1) is 6.61 Å². The number of ether oxygens (including phenoxy) is 2. The average Bonchev–Trinajstić information content (AvgIpc) is 2.64. The van der Waals surface area contributed by atoms with Crippen LogP contribution in [-0.2, 0) is 25.7 Å². The number of alkyl carbamates (subject to hydrolysis) is 1. The van der Waals surface area contributed by atoms with Crippen LogP contribution < -0.4 is 10.6 Å². The minimum Gasteiger partial charge on any atom is -0.464 e. The van der Waals surface area contributed by atoms with E-state index in [4.69, 9.17) is 9.47 Å². The number of nitrogens with one attached hydrogen (secondary N) is 2. The molecular formula is C21H30N2O5. The molecule has 7 nitrogen and oxygen atoms in total. The summed E-state index contributed by atoms with van der Waals surface area (Å²) in [6.45, 7) is 11.2. The fourth-order valence-electron chi connectivity index (χ4n) is 2.45. The van der Waals surface area contributed by atoms with Crippen molar-refractivity contribution >= 4 is 18.0 Å². The van der Waals surface area contributed by atoms with Crippen molar-refractivity contribution in [1.82, 2.24) is 10.6 Å². The van der Waals surface area contributed by atoms with E-state index < -0.39 is 30.1 Å². The Labute approximate surface area is 166 Å². The summed E-state index contributed by atoms with van der Waals surface area (Å²) >= 11 is 0. The molecule has 0 saturated heterocycles. The second kappa shape index (κ2) is 11.8. The molecule has 1 aromatic carbocycles. The van der Waals surface area contributed by atoms with Gasteiger partial charge in [-0.1, -0.05) is 49.8 Å². The molecule has 1 aromatic rings. The summed E-state index contributed by atoms with van der Waals surface area (Å²) in [5.41, 5.74) is 1.54. The molecule has 2 N–H and O–H groups in total. The molecule has 0 bridgehead atoms. The minimum atomic E-state index is -0.906. The number of carbonyl (C=O) groups is 3. The van der Waals surface area contributed by atoms with E-state index in [1.807, 2.05) is 30.3 Å². The minimum absolute atomic E-state index is 0.0888. The Morgan fingerprint density at radius 1 is 1.07 bits per heavy atom. The first-order chi connectivity index (χ1) is 13.2. The van der Waals surface area contributed by atoms with Crippen molar-refractivity contribution in [3.05, 3.63) is 48.0 Å². The summed E-state index contributed by atoms with van der Waals surface area (Å²) in [6.07, 6.45) is -0.498. The summed E-state index contributed by atoms with van der Waals surface area (Å²) in [4.78, 5) is 36.9. The van der Waals surface area contributed by atoms with Crippen LogP contribution in [0.3, 0.4) is 0 Å². The third kappa shape index (κ3) is 8.24. The van der Waals surface area contributed by atoms with Crippen LogP contribution in [0, 0.1) is 5.92 Å². The highest BCUT2D eigenvalue weighted by molar-refractivity contribution is 5.90. The maximum Gasteiger partial charge on any atom is 0.408 e. The van der Waals surface area contributed by atoms with Gasteiger partial charge in [-0.15, -0.1) is 6.58 Å². The molecule has 7 heteroatoms. The molecule has 28 heavy (non-hydrogen) atoms. The molecule has 0 saturated carbocycles. The van der Waals surface area contributed by atoms with E-state index in [2.05, 4.69) is 17.2 Å². The zero-order valence-electron chi connectivity index (χ0n) is 17.0. The van der Waals surface area contributed by atoms with Gasteiger partial charge in [0, 0.05) is 0 Å². The van der Waals surface area contributed by atoms with Crippen molar-refractivity contribution in [2.75, 3.05) is 6.61 Å². The maximum absolute atomic E-state index is 12.7. The van der Waals surface area contributed by atoms with Crippen LogP contribution in [0.5, 0.6) is 0 Å². The first kappa shape index (κ1) is 23.2. The molecule has 0 aliphatic heterocycles. The second-order valence-corrected chi connectivity index (χ2v) is 6.90.